The van der Waals surface area contributed by atoms with E-state index in [9.17, 15) is 0 Å². The zero-order valence-electron chi connectivity index (χ0n) is 27.1. The van der Waals surface area contributed by atoms with E-state index in [0.717, 1.165) is 12.8 Å². The van der Waals surface area contributed by atoms with E-state index in [2.05, 4.69) is 170 Å². The van der Waals surface area contributed by atoms with Crippen LogP contribution in [0.25, 0.3) is 21.5 Å². The molecule has 1 aliphatic carbocycles. The Bertz CT molecular complexity index is 1580. The van der Waals surface area contributed by atoms with Crippen molar-refractivity contribution in [2.45, 2.75) is 72.1 Å². The van der Waals surface area contributed by atoms with Crippen LogP contribution in [0.15, 0.2) is 121 Å². The Labute approximate surface area is 293 Å². The molecular weight excluding hydrogens is 655 g/mol. The van der Waals surface area contributed by atoms with Gasteiger partial charge in [0.15, 0.2) is 0 Å². The number of fused-ring (bicyclic) bond motifs is 3. The molecule has 0 N–H and O–H groups in total. The first-order valence-electron chi connectivity index (χ1n) is 15.1. The Morgan fingerprint density at radius 3 is 1.43 bits per heavy atom. The molecule has 5 aromatic carbocycles. The van der Waals surface area contributed by atoms with Gasteiger partial charge >= 0.3 is 99.2 Å². The molecule has 228 valence electrons. The molecule has 44 heavy (non-hydrogen) atoms. The summed E-state index contributed by atoms with van der Waals surface area (Å²) < 4.78 is 1.42. The molecule has 0 aliphatic heterocycles. The summed E-state index contributed by atoms with van der Waals surface area (Å²) in [5.74, 6) is 0. The number of hydrogen-bond donors (Lipinski definition) is 0. The van der Waals surface area contributed by atoms with Gasteiger partial charge < -0.3 is 24.8 Å². The normalized spacial score (nSPS) is 12.2. The van der Waals surface area contributed by atoms with Crippen LogP contribution in [0.1, 0.15) is 83.6 Å². The van der Waals surface area contributed by atoms with Crippen LogP contribution in [0, 0.1) is 6.08 Å². The van der Waals surface area contributed by atoms with Crippen molar-refractivity contribution < 1.29 is 49.0 Å². The van der Waals surface area contributed by atoms with Crippen molar-refractivity contribution in [3.63, 3.8) is 0 Å². The molecular formula is C41H44Cl2Zr-2. The van der Waals surface area contributed by atoms with Gasteiger partial charge in [0.2, 0.25) is 0 Å². The molecule has 0 radical (unpaired) electrons. The van der Waals surface area contributed by atoms with Gasteiger partial charge in [0.1, 0.15) is 0 Å². The van der Waals surface area contributed by atoms with Crippen LogP contribution in [-0.4, -0.2) is 3.21 Å². The zero-order chi connectivity index (χ0) is 30.3. The van der Waals surface area contributed by atoms with E-state index in [1.54, 1.807) is 0 Å². The summed E-state index contributed by atoms with van der Waals surface area (Å²) in [6.07, 6.45) is 9.57. The topological polar surface area (TPSA) is 0 Å². The molecule has 3 heteroatoms. The molecule has 0 amide bonds. The van der Waals surface area contributed by atoms with Gasteiger partial charge in [-0.25, -0.2) is 11.6 Å². The van der Waals surface area contributed by atoms with Gasteiger partial charge in [-0.05, 0) is 10.8 Å². The Kier molecular flexibility index (Phi) is 14.4. The van der Waals surface area contributed by atoms with Crippen molar-refractivity contribution in [1.29, 1.82) is 0 Å². The van der Waals surface area contributed by atoms with Crippen LogP contribution in [0.2, 0.25) is 0 Å². The molecule has 0 atom stereocenters. The van der Waals surface area contributed by atoms with E-state index in [1.807, 2.05) is 0 Å². The summed E-state index contributed by atoms with van der Waals surface area (Å²) >= 11 is 1.46. The Balaban J connectivity index is 0.000000253. The van der Waals surface area contributed by atoms with Crippen molar-refractivity contribution in [2.75, 3.05) is 0 Å². The monoisotopic (exact) mass is 696 g/mol. The molecule has 6 rings (SSSR count). The second-order valence-electron chi connectivity index (χ2n) is 13.0. The summed E-state index contributed by atoms with van der Waals surface area (Å²) in [5, 5.41) is 5.48. The molecule has 0 bridgehead atoms. The molecule has 0 aromatic heterocycles. The van der Waals surface area contributed by atoms with E-state index >= 15 is 0 Å². The fraction of sp³-hybridized carbons (Fsp3) is 0.268. The zero-order valence-corrected chi connectivity index (χ0v) is 31.1. The molecule has 0 unspecified atom stereocenters. The summed E-state index contributed by atoms with van der Waals surface area (Å²) in [7, 11) is 0. The number of benzene rings is 4. The summed E-state index contributed by atoms with van der Waals surface area (Å²) in [6.45, 7) is 15.8. The molecule has 0 heterocycles. The van der Waals surface area contributed by atoms with Gasteiger partial charge in [0, 0.05) is 0 Å². The van der Waals surface area contributed by atoms with E-state index in [0.29, 0.717) is 0 Å². The standard InChI is InChI=1S/C21H25.C13H10.C7H9.2ClH.Zr/c1-20(2,3)16-7-9-18-14(12-16)11-15-13-17(21(4,5)6)8-10-19(15)18;1-3-7-12(8-4-1)11-13-9-5-2-6-10-13;1-2-7-5-3-4-6-7;;;/h7-13H,1-6H3;1-10H;5-6H,2-3H2,1H3;2*1H;/q-1;;-1;;;+2/p-2. The molecule has 1 aliphatic rings. The third kappa shape index (κ3) is 10.0. The van der Waals surface area contributed by atoms with Crippen LogP contribution >= 0.6 is 0 Å². The van der Waals surface area contributed by atoms with E-state index in [4.69, 9.17) is 0 Å². The number of halogens is 2. The minimum absolute atomic E-state index is 0. The van der Waals surface area contributed by atoms with Crippen LogP contribution in [-0.2, 0) is 35.1 Å². The van der Waals surface area contributed by atoms with Crippen LogP contribution in [0.3, 0.4) is 0 Å². The van der Waals surface area contributed by atoms with Crippen LogP contribution in [0.5, 0.6) is 0 Å². The Morgan fingerprint density at radius 2 is 1.11 bits per heavy atom. The number of hydrogen-bond acceptors (Lipinski definition) is 0. The quantitative estimate of drug-likeness (QED) is 0.228. The molecule has 0 saturated carbocycles. The number of allylic oxidation sites excluding steroid dienone is 4. The van der Waals surface area contributed by atoms with Gasteiger partial charge in [-0.15, -0.1) is 46.2 Å². The first-order chi connectivity index (χ1) is 20.0. The van der Waals surface area contributed by atoms with Crippen LogP contribution < -0.4 is 24.8 Å². The fourth-order valence-electron chi connectivity index (χ4n) is 5.02. The average Bonchev–Trinajstić information content (AvgIpc) is 3.65. The van der Waals surface area contributed by atoms with Gasteiger partial charge in [0.05, 0.1) is 0 Å². The van der Waals surface area contributed by atoms with Crippen molar-refractivity contribution in [3.05, 3.63) is 149 Å². The molecule has 0 fully saturated rings. The van der Waals surface area contributed by atoms with Gasteiger partial charge in [-0.3, -0.25) is 6.08 Å². The predicted octanol–water partition coefficient (Wildman–Crippen LogP) is 5.20. The predicted molar refractivity (Wildman–Crippen MR) is 181 cm³/mol. The van der Waals surface area contributed by atoms with Gasteiger partial charge in [0.25, 0.3) is 0 Å². The van der Waals surface area contributed by atoms with Gasteiger partial charge in [-0.2, -0.15) is 6.08 Å². The van der Waals surface area contributed by atoms with Gasteiger partial charge in [-0.1, -0.05) is 90.3 Å². The van der Waals surface area contributed by atoms with Crippen molar-refractivity contribution in [3.8, 4) is 0 Å². The first-order valence-corrected chi connectivity index (χ1v) is 16.3. The van der Waals surface area contributed by atoms with Crippen molar-refractivity contribution in [2.24, 2.45) is 0 Å². The van der Waals surface area contributed by atoms with Crippen molar-refractivity contribution in [1.82, 2.24) is 0 Å². The average molecular weight is 699 g/mol. The summed E-state index contributed by atoms with van der Waals surface area (Å²) in [6, 6.07) is 37.3. The Hall–Kier alpha value is -2.44. The van der Waals surface area contributed by atoms with E-state index < -0.39 is 0 Å². The minimum atomic E-state index is 0. The van der Waals surface area contributed by atoms with Crippen molar-refractivity contribution >= 4 is 24.8 Å². The molecule has 5 aromatic rings. The number of rotatable bonds is 3. The molecule has 0 saturated heterocycles. The first kappa shape index (κ1) is 37.7. The second kappa shape index (κ2) is 16.8. The Morgan fingerprint density at radius 1 is 0.682 bits per heavy atom. The SMILES string of the molecule is CC(C)(C)c1ccc2c(c1)[cH-]c1cc(C(C)(C)C)ccc12.CCC1=CC[C-]=C1.[Cl-].[Cl-].[Zr+2]=[C](c1ccccc1)c1ccccc1. The third-order valence-electron chi connectivity index (χ3n) is 7.74. The summed E-state index contributed by atoms with van der Waals surface area (Å²) in [4.78, 5) is 0. The fourth-order valence-corrected chi connectivity index (χ4v) is 5.84. The van der Waals surface area contributed by atoms with Crippen LogP contribution in [0.4, 0.5) is 0 Å². The molecule has 0 spiro atoms. The van der Waals surface area contributed by atoms with E-state index in [1.165, 1.54) is 76.8 Å². The summed E-state index contributed by atoms with van der Waals surface area (Å²) in [5.41, 5.74) is 7.30. The maximum absolute atomic E-state index is 3.11. The van der Waals surface area contributed by atoms with E-state index in [-0.39, 0.29) is 35.6 Å². The second-order valence-corrected chi connectivity index (χ2v) is 14.3. The third-order valence-corrected chi connectivity index (χ3v) is 9.16. The maximum atomic E-state index is 3.11. The molecule has 0 nitrogen and oxygen atoms in total.